The number of rotatable bonds is 3. The van der Waals surface area contributed by atoms with Crippen LogP contribution in [0.5, 0.6) is 0 Å². The van der Waals surface area contributed by atoms with Crippen LogP contribution in [0.4, 0.5) is 8.78 Å². The first-order chi connectivity index (χ1) is 5.14. The van der Waals surface area contributed by atoms with Crippen molar-refractivity contribution >= 4 is 0 Å². The molecule has 66 valence electrons. The molecule has 0 radical (unpaired) electrons. The SMILES string of the molecule is OCC(F)(F)CC1CCCC1. The Morgan fingerprint density at radius 3 is 2.27 bits per heavy atom. The number of aliphatic hydroxyl groups is 1. The molecule has 0 aromatic carbocycles. The molecule has 1 aliphatic rings. The van der Waals surface area contributed by atoms with Crippen molar-refractivity contribution in [1.29, 1.82) is 0 Å². The van der Waals surface area contributed by atoms with E-state index in [9.17, 15) is 8.78 Å². The van der Waals surface area contributed by atoms with Crippen molar-refractivity contribution < 1.29 is 13.9 Å². The molecule has 0 unspecified atom stereocenters. The van der Waals surface area contributed by atoms with E-state index < -0.39 is 12.5 Å². The Morgan fingerprint density at radius 2 is 1.82 bits per heavy atom. The quantitative estimate of drug-likeness (QED) is 0.678. The van der Waals surface area contributed by atoms with E-state index in [4.69, 9.17) is 5.11 Å². The Balaban J connectivity index is 2.28. The van der Waals surface area contributed by atoms with E-state index in [0.717, 1.165) is 25.7 Å². The summed E-state index contributed by atoms with van der Waals surface area (Å²) in [5, 5.41) is 8.30. The smallest absolute Gasteiger partial charge is 0.270 e. The van der Waals surface area contributed by atoms with Crippen LogP contribution in [-0.2, 0) is 0 Å². The maximum absolute atomic E-state index is 12.6. The standard InChI is InChI=1S/C8H14F2O/c9-8(10,6-11)5-7-3-1-2-4-7/h7,11H,1-6H2. The van der Waals surface area contributed by atoms with Gasteiger partial charge in [0.2, 0.25) is 0 Å². The Labute approximate surface area is 65.4 Å². The zero-order valence-electron chi connectivity index (χ0n) is 6.52. The Morgan fingerprint density at radius 1 is 1.27 bits per heavy atom. The van der Waals surface area contributed by atoms with Crippen molar-refractivity contribution in [2.24, 2.45) is 5.92 Å². The van der Waals surface area contributed by atoms with Crippen molar-refractivity contribution in [1.82, 2.24) is 0 Å². The fourth-order valence-electron chi connectivity index (χ4n) is 1.70. The average Bonchev–Trinajstić information content (AvgIpc) is 2.39. The zero-order valence-corrected chi connectivity index (χ0v) is 6.52. The van der Waals surface area contributed by atoms with Crippen LogP contribution >= 0.6 is 0 Å². The van der Waals surface area contributed by atoms with Crippen molar-refractivity contribution in [3.8, 4) is 0 Å². The lowest BCUT2D eigenvalue weighted by atomic mass is 10.00. The predicted octanol–water partition coefficient (Wildman–Crippen LogP) is 2.19. The lowest BCUT2D eigenvalue weighted by Gasteiger charge is -2.17. The lowest BCUT2D eigenvalue weighted by molar-refractivity contribution is -0.0671. The van der Waals surface area contributed by atoms with Crippen molar-refractivity contribution in [3.63, 3.8) is 0 Å². The maximum Gasteiger partial charge on any atom is 0.270 e. The largest absolute Gasteiger partial charge is 0.390 e. The van der Waals surface area contributed by atoms with Gasteiger partial charge in [-0.05, 0) is 5.92 Å². The number of aliphatic hydroxyl groups excluding tert-OH is 1. The second-order valence-corrected chi connectivity index (χ2v) is 3.37. The molecule has 1 aliphatic carbocycles. The second-order valence-electron chi connectivity index (χ2n) is 3.37. The third-order valence-corrected chi connectivity index (χ3v) is 2.29. The van der Waals surface area contributed by atoms with Gasteiger partial charge in [-0.1, -0.05) is 25.7 Å². The van der Waals surface area contributed by atoms with Crippen molar-refractivity contribution in [2.75, 3.05) is 6.61 Å². The number of hydrogen-bond donors (Lipinski definition) is 1. The lowest BCUT2D eigenvalue weighted by Crippen LogP contribution is -2.24. The molecule has 1 fully saturated rings. The highest BCUT2D eigenvalue weighted by molar-refractivity contribution is 4.75. The second kappa shape index (κ2) is 3.48. The summed E-state index contributed by atoms with van der Waals surface area (Å²) < 4.78 is 25.1. The summed E-state index contributed by atoms with van der Waals surface area (Å²) in [5.74, 6) is -2.69. The van der Waals surface area contributed by atoms with Gasteiger partial charge in [0, 0.05) is 6.42 Å². The van der Waals surface area contributed by atoms with Crippen LogP contribution in [0.25, 0.3) is 0 Å². The van der Waals surface area contributed by atoms with Crippen LogP contribution in [0.3, 0.4) is 0 Å². The molecule has 0 spiro atoms. The minimum atomic E-state index is -2.84. The molecule has 0 atom stereocenters. The maximum atomic E-state index is 12.6. The van der Waals surface area contributed by atoms with Gasteiger partial charge in [0.15, 0.2) is 0 Å². The average molecular weight is 164 g/mol. The first-order valence-corrected chi connectivity index (χ1v) is 4.13. The molecule has 0 bridgehead atoms. The van der Waals surface area contributed by atoms with E-state index >= 15 is 0 Å². The summed E-state index contributed by atoms with van der Waals surface area (Å²) in [6, 6.07) is 0. The first kappa shape index (κ1) is 8.91. The highest BCUT2D eigenvalue weighted by Gasteiger charge is 2.32. The summed E-state index contributed by atoms with van der Waals surface area (Å²) in [4.78, 5) is 0. The molecule has 11 heavy (non-hydrogen) atoms. The molecule has 0 saturated heterocycles. The molecule has 3 heteroatoms. The van der Waals surface area contributed by atoms with Gasteiger partial charge in [-0.15, -0.1) is 0 Å². The van der Waals surface area contributed by atoms with Gasteiger partial charge in [0.1, 0.15) is 6.61 Å². The molecular weight excluding hydrogens is 150 g/mol. The summed E-state index contributed by atoms with van der Waals surface area (Å²) in [7, 11) is 0. The van der Waals surface area contributed by atoms with Gasteiger partial charge >= 0.3 is 0 Å². The summed E-state index contributed by atoms with van der Waals surface area (Å²) in [6.07, 6.45) is 3.85. The van der Waals surface area contributed by atoms with E-state index in [1.807, 2.05) is 0 Å². The van der Waals surface area contributed by atoms with E-state index in [-0.39, 0.29) is 12.3 Å². The highest BCUT2D eigenvalue weighted by Crippen LogP contribution is 2.33. The number of halogens is 2. The number of alkyl halides is 2. The van der Waals surface area contributed by atoms with Crippen LogP contribution in [0.2, 0.25) is 0 Å². The fraction of sp³-hybridized carbons (Fsp3) is 1.00. The first-order valence-electron chi connectivity index (χ1n) is 4.13. The molecule has 1 saturated carbocycles. The van der Waals surface area contributed by atoms with E-state index in [1.165, 1.54) is 0 Å². The van der Waals surface area contributed by atoms with Crippen LogP contribution in [0.1, 0.15) is 32.1 Å². The summed E-state index contributed by atoms with van der Waals surface area (Å²) >= 11 is 0. The molecule has 0 heterocycles. The number of hydrogen-bond acceptors (Lipinski definition) is 1. The van der Waals surface area contributed by atoms with Gasteiger partial charge < -0.3 is 5.11 Å². The van der Waals surface area contributed by atoms with Crippen LogP contribution in [0, 0.1) is 5.92 Å². The van der Waals surface area contributed by atoms with Crippen LogP contribution in [0.15, 0.2) is 0 Å². The topological polar surface area (TPSA) is 20.2 Å². The molecule has 0 aromatic heterocycles. The van der Waals surface area contributed by atoms with Gasteiger partial charge in [0.25, 0.3) is 5.92 Å². The Kier molecular flexibility index (Phi) is 2.82. The van der Waals surface area contributed by atoms with Gasteiger partial charge in [0.05, 0.1) is 0 Å². The molecule has 0 aliphatic heterocycles. The monoisotopic (exact) mass is 164 g/mol. The third kappa shape index (κ3) is 2.73. The van der Waals surface area contributed by atoms with E-state index in [1.54, 1.807) is 0 Å². The van der Waals surface area contributed by atoms with Crippen molar-refractivity contribution in [2.45, 2.75) is 38.0 Å². The minimum Gasteiger partial charge on any atom is -0.390 e. The predicted molar refractivity (Wildman–Crippen MR) is 38.6 cm³/mol. The van der Waals surface area contributed by atoms with Gasteiger partial charge in [-0.25, -0.2) is 8.78 Å². The molecule has 1 N–H and O–H groups in total. The Hall–Kier alpha value is -0.180. The normalized spacial score (nSPS) is 21.0. The third-order valence-electron chi connectivity index (χ3n) is 2.29. The molecule has 1 nitrogen and oxygen atoms in total. The minimum absolute atomic E-state index is 0.122. The zero-order chi connectivity index (χ0) is 8.32. The fourth-order valence-corrected chi connectivity index (χ4v) is 1.70. The molecular formula is C8H14F2O. The van der Waals surface area contributed by atoms with Crippen LogP contribution < -0.4 is 0 Å². The van der Waals surface area contributed by atoms with Gasteiger partial charge in [-0.2, -0.15) is 0 Å². The summed E-state index contributed by atoms with van der Waals surface area (Å²) in [5.41, 5.74) is 0. The van der Waals surface area contributed by atoms with E-state index in [2.05, 4.69) is 0 Å². The summed E-state index contributed by atoms with van der Waals surface area (Å²) in [6.45, 7) is -0.997. The molecule has 0 aromatic rings. The highest BCUT2D eigenvalue weighted by atomic mass is 19.3. The van der Waals surface area contributed by atoms with Gasteiger partial charge in [-0.3, -0.25) is 0 Å². The molecule has 1 rings (SSSR count). The van der Waals surface area contributed by atoms with Crippen LogP contribution in [-0.4, -0.2) is 17.6 Å². The van der Waals surface area contributed by atoms with E-state index in [0.29, 0.717) is 0 Å². The molecule has 0 amide bonds. The Bertz CT molecular complexity index is 119. The van der Waals surface area contributed by atoms with Crippen molar-refractivity contribution in [3.05, 3.63) is 0 Å².